The zero-order valence-electron chi connectivity index (χ0n) is 13.3. The SMILES string of the molecule is CCC(O)CC1CC(N)CN(CC(=O)OC(C)(C)C)C1. The molecule has 1 rings (SSSR count). The van der Waals surface area contributed by atoms with Gasteiger partial charge in [-0.3, -0.25) is 9.69 Å². The van der Waals surface area contributed by atoms with Gasteiger partial charge in [-0.05, 0) is 46.0 Å². The molecule has 118 valence electrons. The number of nitrogens with zero attached hydrogens (tertiary/aromatic N) is 1. The quantitative estimate of drug-likeness (QED) is 0.741. The van der Waals surface area contributed by atoms with Crippen LogP contribution < -0.4 is 5.73 Å². The third-order valence-corrected chi connectivity index (χ3v) is 3.49. The molecule has 0 radical (unpaired) electrons. The molecule has 0 aromatic rings. The van der Waals surface area contributed by atoms with Crippen molar-refractivity contribution in [3.63, 3.8) is 0 Å². The Hall–Kier alpha value is -0.650. The second kappa shape index (κ2) is 7.38. The van der Waals surface area contributed by atoms with E-state index in [2.05, 4.69) is 4.90 Å². The largest absolute Gasteiger partial charge is 0.459 e. The van der Waals surface area contributed by atoms with Gasteiger partial charge >= 0.3 is 5.97 Å². The Morgan fingerprint density at radius 3 is 2.65 bits per heavy atom. The fraction of sp³-hybridized carbons (Fsp3) is 0.933. The van der Waals surface area contributed by atoms with Gasteiger partial charge in [0.25, 0.3) is 0 Å². The van der Waals surface area contributed by atoms with Crippen LogP contribution in [0.1, 0.15) is 47.0 Å². The van der Waals surface area contributed by atoms with Crippen LogP contribution in [0.4, 0.5) is 0 Å². The Morgan fingerprint density at radius 2 is 2.10 bits per heavy atom. The molecule has 3 unspecified atom stereocenters. The van der Waals surface area contributed by atoms with E-state index in [-0.39, 0.29) is 24.7 Å². The van der Waals surface area contributed by atoms with Gasteiger partial charge < -0.3 is 15.6 Å². The topological polar surface area (TPSA) is 75.8 Å². The van der Waals surface area contributed by atoms with E-state index in [1.807, 2.05) is 27.7 Å². The van der Waals surface area contributed by atoms with Gasteiger partial charge in [-0.2, -0.15) is 0 Å². The van der Waals surface area contributed by atoms with Crippen molar-refractivity contribution >= 4 is 5.97 Å². The lowest BCUT2D eigenvalue weighted by atomic mass is 9.89. The van der Waals surface area contributed by atoms with E-state index < -0.39 is 5.60 Å². The van der Waals surface area contributed by atoms with Crippen LogP contribution in [0.3, 0.4) is 0 Å². The number of ether oxygens (including phenoxy) is 1. The molecule has 1 heterocycles. The monoisotopic (exact) mass is 286 g/mol. The van der Waals surface area contributed by atoms with Gasteiger partial charge in [0.2, 0.25) is 0 Å². The van der Waals surface area contributed by atoms with Crippen LogP contribution in [0.25, 0.3) is 0 Å². The van der Waals surface area contributed by atoms with Gasteiger partial charge in [0.1, 0.15) is 5.60 Å². The molecule has 1 aliphatic rings. The third-order valence-electron chi connectivity index (χ3n) is 3.49. The average Bonchev–Trinajstić information content (AvgIpc) is 2.24. The van der Waals surface area contributed by atoms with Crippen LogP contribution in [0.5, 0.6) is 0 Å². The number of likely N-dealkylation sites (tertiary alicyclic amines) is 1. The Balaban J connectivity index is 2.47. The van der Waals surface area contributed by atoms with Crippen molar-refractivity contribution in [3.05, 3.63) is 0 Å². The Kier molecular flexibility index (Phi) is 6.43. The molecule has 0 saturated carbocycles. The minimum absolute atomic E-state index is 0.0697. The number of aliphatic hydroxyl groups excluding tert-OH is 1. The zero-order valence-corrected chi connectivity index (χ0v) is 13.3. The molecule has 0 amide bonds. The Morgan fingerprint density at radius 1 is 1.45 bits per heavy atom. The van der Waals surface area contributed by atoms with E-state index >= 15 is 0 Å². The molecule has 3 atom stereocenters. The summed E-state index contributed by atoms with van der Waals surface area (Å²) in [7, 11) is 0. The number of esters is 1. The number of carbonyl (C=O) groups is 1. The van der Waals surface area contributed by atoms with E-state index in [4.69, 9.17) is 10.5 Å². The zero-order chi connectivity index (χ0) is 15.3. The maximum Gasteiger partial charge on any atom is 0.320 e. The lowest BCUT2D eigenvalue weighted by Crippen LogP contribution is -2.49. The number of carbonyl (C=O) groups excluding carboxylic acids is 1. The fourth-order valence-corrected chi connectivity index (χ4v) is 2.76. The second-order valence-corrected chi connectivity index (χ2v) is 6.94. The lowest BCUT2D eigenvalue weighted by molar-refractivity contribution is -0.156. The number of piperidine rings is 1. The summed E-state index contributed by atoms with van der Waals surface area (Å²) in [5, 5.41) is 9.77. The van der Waals surface area contributed by atoms with Crippen LogP contribution in [0, 0.1) is 5.92 Å². The molecule has 0 aromatic carbocycles. The molecule has 5 nitrogen and oxygen atoms in total. The standard InChI is InChI=1S/C15H30N2O3/c1-5-13(18)7-11-6-12(16)9-17(8-11)10-14(19)20-15(2,3)4/h11-13,18H,5-10,16H2,1-4H3. The molecule has 0 aliphatic carbocycles. The number of aliphatic hydroxyl groups is 1. The van der Waals surface area contributed by atoms with E-state index in [9.17, 15) is 9.90 Å². The Labute approximate surface area is 122 Å². The molecular weight excluding hydrogens is 256 g/mol. The molecule has 0 bridgehead atoms. The maximum absolute atomic E-state index is 11.9. The van der Waals surface area contributed by atoms with Crippen molar-refractivity contribution in [2.45, 2.75) is 64.7 Å². The summed E-state index contributed by atoms with van der Waals surface area (Å²) in [5.41, 5.74) is 5.61. The fourth-order valence-electron chi connectivity index (χ4n) is 2.76. The second-order valence-electron chi connectivity index (χ2n) is 6.94. The first-order chi connectivity index (χ1) is 9.19. The summed E-state index contributed by atoms with van der Waals surface area (Å²) in [6.45, 7) is 9.39. The summed E-state index contributed by atoms with van der Waals surface area (Å²) >= 11 is 0. The van der Waals surface area contributed by atoms with Crippen LogP contribution in [0.2, 0.25) is 0 Å². The molecule has 1 aliphatic heterocycles. The van der Waals surface area contributed by atoms with Crippen molar-refractivity contribution in [3.8, 4) is 0 Å². The van der Waals surface area contributed by atoms with Crippen LogP contribution in [-0.4, -0.2) is 53.4 Å². The van der Waals surface area contributed by atoms with Crippen molar-refractivity contribution in [2.75, 3.05) is 19.6 Å². The van der Waals surface area contributed by atoms with Gasteiger partial charge in [0.15, 0.2) is 0 Å². The first-order valence-electron chi connectivity index (χ1n) is 7.57. The first kappa shape index (κ1) is 17.4. The number of hydrogen-bond donors (Lipinski definition) is 2. The maximum atomic E-state index is 11.9. The summed E-state index contributed by atoms with van der Waals surface area (Å²) in [6.07, 6.45) is 2.17. The predicted molar refractivity (Wildman–Crippen MR) is 79.3 cm³/mol. The Bertz CT molecular complexity index is 315. The third kappa shape index (κ3) is 6.68. The molecule has 1 saturated heterocycles. The minimum atomic E-state index is -0.452. The highest BCUT2D eigenvalue weighted by atomic mass is 16.6. The van der Waals surface area contributed by atoms with Gasteiger partial charge in [-0.1, -0.05) is 6.92 Å². The summed E-state index contributed by atoms with van der Waals surface area (Å²) in [6, 6.07) is 0.0697. The number of hydrogen-bond acceptors (Lipinski definition) is 5. The molecule has 0 aromatic heterocycles. The number of rotatable bonds is 5. The molecule has 5 heteroatoms. The van der Waals surface area contributed by atoms with Crippen LogP contribution >= 0.6 is 0 Å². The van der Waals surface area contributed by atoms with Crippen molar-refractivity contribution < 1.29 is 14.6 Å². The molecular formula is C15H30N2O3. The normalized spacial score (nSPS) is 26.3. The summed E-state index contributed by atoms with van der Waals surface area (Å²) in [5.74, 6) is 0.150. The van der Waals surface area contributed by atoms with E-state index in [0.717, 1.165) is 32.4 Å². The number of nitrogens with two attached hydrogens (primary N) is 1. The van der Waals surface area contributed by atoms with Crippen molar-refractivity contribution in [1.82, 2.24) is 4.90 Å². The molecule has 0 spiro atoms. The highest BCUT2D eigenvalue weighted by molar-refractivity contribution is 5.72. The van der Waals surface area contributed by atoms with Gasteiger partial charge in [0.05, 0.1) is 12.6 Å². The highest BCUT2D eigenvalue weighted by Crippen LogP contribution is 2.21. The van der Waals surface area contributed by atoms with Gasteiger partial charge in [0, 0.05) is 19.1 Å². The van der Waals surface area contributed by atoms with Gasteiger partial charge in [-0.25, -0.2) is 0 Å². The predicted octanol–water partition coefficient (Wildman–Crippen LogP) is 1.14. The van der Waals surface area contributed by atoms with Crippen molar-refractivity contribution in [1.29, 1.82) is 0 Å². The van der Waals surface area contributed by atoms with Crippen molar-refractivity contribution in [2.24, 2.45) is 11.7 Å². The van der Waals surface area contributed by atoms with Crippen LogP contribution in [-0.2, 0) is 9.53 Å². The summed E-state index contributed by atoms with van der Waals surface area (Å²) < 4.78 is 5.34. The van der Waals surface area contributed by atoms with Crippen LogP contribution in [0.15, 0.2) is 0 Å². The van der Waals surface area contributed by atoms with E-state index in [0.29, 0.717) is 5.92 Å². The first-order valence-corrected chi connectivity index (χ1v) is 7.57. The lowest BCUT2D eigenvalue weighted by Gasteiger charge is -2.36. The molecule has 1 fully saturated rings. The smallest absolute Gasteiger partial charge is 0.320 e. The summed E-state index contributed by atoms with van der Waals surface area (Å²) in [4.78, 5) is 13.9. The molecule has 3 N–H and O–H groups in total. The minimum Gasteiger partial charge on any atom is -0.459 e. The highest BCUT2D eigenvalue weighted by Gasteiger charge is 2.28. The van der Waals surface area contributed by atoms with Gasteiger partial charge in [-0.15, -0.1) is 0 Å². The van der Waals surface area contributed by atoms with E-state index in [1.54, 1.807) is 0 Å². The van der Waals surface area contributed by atoms with E-state index in [1.165, 1.54) is 0 Å². The molecule has 20 heavy (non-hydrogen) atoms. The average molecular weight is 286 g/mol.